The average molecular weight is 626 g/mol. The van der Waals surface area contributed by atoms with E-state index in [4.69, 9.17) is 0 Å². The van der Waals surface area contributed by atoms with Gasteiger partial charge in [-0.1, -0.05) is 135 Å². The van der Waals surface area contributed by atoms with Gasteiger partial charge in [-0.25, -0.2) is 0 Å². The van der Waals surface area contributed by atoms with Crippen molar-refractivity contribution in [3.05, 3.63) is 175 Å². The fourth-order valence-corrected chi connectivity index (χ4v) is 8.16. The summed E-state index contributed by atoms with van der Waals surface area (Å²) in [5.41, 5.74) is 19.4. The van der Waals surface area contributed by atoms with Crippen LogP contribution in [0.2, 0.25) is 0 Å². The van der Waals surface area contributed by atoms with Gasteiger partial charge in [0.05, 0.1) is 0 Å². The SMILES string of the molecule is C=C/C=C\C(C(=C)C)=C(\NC)c1cc(-c2ccc3c(c2)-c2cccc4cccc-3c24)cc(-c2ccc3c4c(cccc24)-c2ccccc2-3)c1. The van der Waals surface area contributed by atoms with Crippen LogP contribution in [0.15, 0.2) is 170 Å². The van der Waals surface area contributed by atoms with Gasteiger partial charge in [0, 0.05) is 18.3 Å². The van der Waals surface area contributed by atoms with Crippen LogP contribution in [-0.2, 0) is 0 Å². The Morgan fingerprint density at radius 2 is 1.14 bits per heavy atom. The highest BCUT2D eigenvalue weighted by molar-refractivity contribution is 6.19. The second-order valence-electron chi connectivity index (χ2n) is 13.1. The highest BCUT2D eigenvalue weighted by atomic mass is 14.8. The number of fused-ring (bicyclic) bond motifs is 6. The highest BCUT2D eigenvalue weighted by Gasteiger charge is 2.24. The summed E-state index contributed by atoms with van der Waals surface area (Å²) in [6.07, 6.45) is 5.88. The van der Waals surface area contributed by atoms with Gasteiger partial charge in [0.15, 0.2) is 0 Å². The summed E-state index contributed by atoms with van der Waals surface area (Å²) in [4.78, 5) is 0. The Bertz CT molecular complexity index is 2590. The molecular formula is C48H35N. The van der Waals surface area contributed by atoms with Crippen LogP contribution in [0.5, 0.6) is 0 Å². The van der Waals surface area contributed by atoms with Crippen molar-refractivity contribution in [1.82, 2.24) is 5.32 Å². The smallest absolute Gasteiger partial charge is 0.0487 e. The van der Waals surface area contributed by atoms with Crippen LogP contribution >= 0.6 is 0 Å². The molecule has 9 rings (SSSR count). The lowest BCUT2D eigenvalue weighted by atomic mass is 9.89. The predicted molar refractivity (Wildman–Crippen MR) is 211 cm³/mol. The summed E-state index contributed by atoms with van der Waals surface area (Å²) in [6, 6.07) is 47.4. The van der Waals surface area contributed by atoms with E-state index in [9.17, 15) is 0 Å². The summed E-state index contributed by atoms with van der Waals surface area (Å²) in [7, 11) is 2.00. The van der Waals surface area contributed by atoms with Crippen LogP contribution in [-0.4, -0.2) is 7.05 Å². The number of benzene rings is 7. The second kappa shape index (κ2) is 11.2. The summed E-state index contributed by atoms with van der Waals surface area (Å²) in [6.45, 7) is 10.3. The van der Waals surface area contributed by atoms with Crippen LogP contribution in [0.3, 0.4) is 0 Å². The molecule has 0 amide bonds. The minimum absolute atomic E-state index is 0.987. The van der Waals surface area contributed by atoms with Gasteiger partial charge in [0.1, 0.15) is 0 Å². The zero-order valence-electron chi connectivity index (χ0n) is 27.8. The maximum absolute atomic E-state index is 4.35. The van der Waals surface area contributed by atoms with Crippen LogP contribution in [0, 0.1) is 0 Å². The van der Waals surface area contributed by atoms with Crippen molar-refractivity contribution < 1.29 is 0 Å². The maximum atomic E-state index is 4.35. The van der Waals surface area contributed by atoms with Crippen LogP contribution in [0.25, 0.3) is 94.0 Å². The lowest BCUT2D eigenvalue weighted by Crippen LogP contribution is -2.08. The van der Waals surface area contributed by atoms with Gasteiger partial charge >= 0.3 is 0 Å². The van der Waals surface area contributed by atoms with E-state index in [0.717, 1.165) is 22.4 Å². The zero-order valence-corrected chi connectivity index (χ0v) is 27.8. The van der Waals surface area contributed by atoms with Gasteiger partial charge in [0.25, 0.3) is 0 Å². The van der Waals surface area contributed by atoms with Gasteiger partial charge in [-0.3, -0.25) is 0 Å². The lowest BCUT2D eigenvalue weighted by molar-refractivity contribution is 1.11. The standard InChI is InChI=1S/C48H35N/c1-5-6-14-35(29(2)3)48(49-4)34-26-32(31-21-22-39-41-17-9-12-30-13-10-18-43(46(30)41)45(39)28-31)25-33(27-34)36-23-24-44-38-16-8-7-15-37(38)42-20-11-19-40(36)47(42)44/h5-28,49H,1-2H2,3-4H3/b14-6-,48-35-. The first-order chi connectivity index (χ1) is 24.1. The third-order valence-electron chi connectivity index (χ3n) is 10.3. The minimum Gasteiger partial charge on any atom is -0.387 e. The molecule has 0 saturated carbocycles. The summed E-state index contributed by atoms with van der Waals surface area (Å²) in [5, 5.41) is 8.78. The number of nitrogens with one attached hydrogen (secondary N) is 1. The van der Waals surface area contributed by atoms with E-state index in [2.05, 4.69) is 159 Å². The Kier molecular flexibility index (Phi) is 6.64. The molecule has 0 bridgehead atoms. The molecule has 1 heteroatoms. The normalized spacial score (nSPS) is 12.7. The van der Waals surface area contributed by atoms with Gasteiger partial charge in [-0.05, 0) is 131 Å². The van der Waals surface area contributed by atoms with E-state index >= 15 is 0 Å². The fourth-order valence-electron chi connectivity index (χ4n) is 8.16. The second-order valence-corrected chi connectivity index (χ2v) is 13.1. The molecule has 1 N–H and O–H groups in total. The molecule has 0 fully saturated rings. The van der Waals surface area contributed by atoms with E-state index in [-0.39, 0.29) is 0 Å². The molecule has 2 aliphatic carbocycles. The highest BCUT2D eigenvalue weighted by Crippen LogP contribution is 2.51. The molecule has 0 aliphatic heterocycles. The monoisotopic (exact) mass is 625 g/mol. The first-order valence-corrected chi connectivity index (χ1v) is 16.9. The molecule has 232 valence electrons. The topological polar surface area (TPSA) is 12.0 Å². The molecule has 0 atom stereocenters. The van der Waals surface area contributed by atoms with Crippen LogP contribution in [0.4, 0.5) is 0 Å². The zero-order chi connectivity index (χ0) is 33.2. The van der Waals surface area contributed by atoms with Crippen molar-refractivity contribution in [1.29, 1.82) is 0 Å². The fraction of sp³-hybridized carbons (Fsp3) is 0.0417. The molecule has 0 heterocycles. The van der Waals surface area contributed by atoms with E-state index in [1.807, 2.05) is 19.2 Å². The van der Waals surface area contributed by atoms with E-state index in [1.165, 1.54) is 88.3 Å². The number of rotatable bonds is 7. The van der Waals surface area contributed by atoms with Crippen molar-refractivity contribution in [3.63, 3.8) is 0 Å². The van der Waals surface area contributed by atoms with Crippen molar-refractivity contribution in [2.45, 2.75) is 6.92 Å². The van der Waals surface area contributed by atoms with Crippen LogP contribution in [0.1, 0.15) is 12.5 Å². The van der Waals surface area contributed by atoms with Crippen molar-refractivity contribution in [3.8, 4) is 66.8 Å². The van der Waals surface area contributed by atoms with E-state index in [1.54, 1.807) is 0 Å². The Balaban J connectivity index is 1.30. The maximum Gasteiger partial charge on any atom is 0.0487 e. The molecule has 49 heavy (non-hydrogen) atoms. The largest absolute Gasteiger partial charge is 0.387 e. The Labute approximate surface area is 287 Å². The average Bonchev–Trinajstić information content (AvgIpc) is 3.64. The van der Waals surface area contributed by atoms with Crippen LogP contribution < -0.4 is 5.32 Å². The molecule has 1 nitrogen and oxygen atoms in total. The molecule has 7 aromatic rings. The number of hydrogen-bond donors (Lipinski definition) is 1. The van der Waals surface area contributed by atoms with Crippen molar-refractivity contribution >= 4 is 27.2 Å². The van der Waals surface area contributed by atoms with Gasteiger partial charge < -0.3 is 5.32 Å². The van der Waals surface area contributed by atoms with Gasteiger partial charge in [-0.2, -0.15) is 0 Å². The summed E-state index contributed by atoms with van der Waals surface area (Å²) < 4.78 is 0. The summed E-state index contributed by atoms with van der Waals surface area (Å²) in [5.74, 6) is 0. The Hall–Kier alpha value is -6.18. The van der Waals surface area contributed by atoms with E-state index < -0.39 is 0 Å². The lowest BCUT2D eigenvalue weighted by Gasteiger charge is -2.18. The number of allylic oxidation sites excluding steroid dienone is 5. The predicted octanol–water partition coefficient (Wildman–Crippen LogP) is 12.9. The molecule has 0 saturated heterocycles. The first-order valence-electron chi connectivity index (χ1n) is 16.9. The van der Waals surface area contributed by atoms with E-state index in [0.29, 0.717) is 0 Å². The molecule has 7 aromatic carbocycles. The quantitative estimate of drug-likeness (QED) is 0.174. The Morgan fingerprint density at radius 1 is 0.551 bits per heavy atom. The molecule has 0 unspecified atom stereocenters. The molecular weight excluding hydrogens is 591 g/mol. The van der Waals surface area contributed by atoms with Crippen molar-refractivity contribution in [2.24, 2.45) is 0 Å². The molecule has 2 aliphatic rings. The summed E-state index contributed by atoms with van der Waals surface area (Å²) >= 11 is 0. The molecule has 0 aromatic heterocycles. The first kappa shape index (κ1) is 29.0. The van der Waals surface area contributed by atoms with Crippen molar-refractivity contribution in [2.75, 3.05) is 7.05 Å². The molecule has 0 spiro atoms. The molecule has 0 radical (unpaired) electrons. The third kappa shape index (κ3) is 4.40. The van der Waals surface area contributed by atoms with Gasteiger partial charge in [-0.15, -0.1) is 0 Å². The van der Waals surface area contributed by atoms with Gasteiger partial charge in [0.2, 0.25) is 0 Å². The third-order valence-corrected chi connectivity index (χ3v) is 10.3. The number of hydrogen-bond acceptors (Lipinski definition) is 1. The minimum atomic E-state index is 0.987. The Morgan fingerprint density at radius 3 is 1.86 bits per heavy atom.